The predicted octanol–water partition coefficient (Wildman–Crippen LogP) is 4.23. The summed E-state index contributed by atoms with van der Waals surface area (Å²) >= 11 is 5.30. The van der Waals surface area contributed by atoms with Crippen LogP contribution in [-0.4, -0.2) is 112 Å². The first-order valence-electron chi connectivity index (χ1n) is 15.2. The third-order valence-corrected chi connectivity index (χ3v) is 9.44. The molecule has 0 atom stereocenters. The van der Waals surface area contributed by atoms with Crippen LogP contribution in [0, 0.1) is 0 Å². The van der Waals surface area contributed by atoms with Crippen LogP contribution >= 0.6 is 37.2 Å². The number of nitrogens with zero attached hydrogens (tertiary/aromatic N) is 3. The summed E-state index contributed by atoms with van der Waals surface area (Å²) in [5.41, 5.74) is 0. The van der Waals surface area contributed by atoms with Crippen molar-refractivity contribution < 1.29 is 40.9 Å². The van der Waals surface area contributed by atoms with Crippen molar-refractivity contribution in [1.82, 2.24) is 0 Å². The van der Waals surface area contributed by atoms with Gasteiger partial charge < -0.3 is 27.7 Å². The molecular formula is C30H60I3N3O3+2. The molecule has 9 heteroatoms. The Morgan fingerprint density at radius 1 is 0.513 bits per heavy atom. The zero-order chi connectivity index (χ0) is 29.8. The SMILES string of the molecule is CC[N+](CC)(CC)CCOc1cccc(OCC[N+](CC)(CC)CC)c1OCC[N+](CC)(CC)CC.I[I-]I. The molecule has 0 amide bonds. The molecule has 0 aliphatic heterocycles. The molecule has 0 saturated heterocycles. The van der Waals surface area contributed by atoms with Crippen molar-refractivity contribution in [3.8, 4) is 17.2 Å². The Labute approximate surface area is 271 Å². The summed E-state index contributed by atoms with van der Waals surface area (Å²) < 4.78 is 22.4. The second kappa shape index (κ2) is 22.3. The predicted molar refractivity (Wildman–Crippen MR) is 181 cm³/mol. The van der Waals surface area contributed by atoms with E-state index in [1.165, 1.54) is 0 Å². The molecule has 0 heterocycles. The van der Waals surface area contributed by atoms with E-state index < -0.39 is 0 Å². The molecule has 0 bridgehead atoms. The molecule has 232 valence electrons. The molecule has 0 N–H and O–H groups in total. The molecule has 1 aromatic carbocycles. The Kier molecular flexibility index (Phi) is 22.7. The van der Waals surface area contributed by atoms with E-state index >= 15 is 0 Å². The number of halogens is 3. The maximum atomic E-state index is 6.48. The molecule has 0 fully saturated rings. The van der Waals surface area contributed by atoms with Gasteiger partial charge >= 0.3 is 50.5 Å². The summed E-state index contributed by atoms with van der Waals surface area (Å²) in [6.07, 6.45) is 0. The second-order valence-electron chi connectivity index (χ2n) is 10.2. The van der Waals surface area contributed by atoms with Gasteiger partial charge in [0.25, 0.3) is 0 Å². The molecule has 6 nitrogen and oxygen atoms in total. The van der Waals surface area contributed by atoms with Gasteiger partial charge in [-0.25, -0.2) is 0 Å². The number of ether oxygens (including phenoxy) is 3. The van der Waals surface area contributed by atoms with Crippen LogP contribution in [-0.2, 0) is 0 Å². The minimum atomic E-state index is 0.530. The molecular weight excluding hydrogens is 831 g/mol. The molecule has 0 radical (unpaired) electrons. The Balaban J connectivity index is 0.00000458. The van der Waals surface area contributed by atoms with Crippen LogP contribution in [0.3, 0.4) is 0 Å². The fourth-order valence-corrected chi connectivity index (χ4v) is 5.34. The third-order valence-electron chi connectivity index (χ3n) is 9.44. The number of benzene rings is 1. The molecule has 0 aliphatic rings. The van der Waals surface area contributed by atoms with Gasteiger partial charge in [-0.15, -0.1) is 0 Å². The first-order valence-corrected chi connectivity index (χ1v) is 27.7. The van der Waals surface area contributed by atoms with Crippen molar-refractivity contribution in [1.29, 1.82) is 0 Å². The van der Waals surface area contributed by atoms with Crippen molar-refractivity contribution in [3.05, 3.63) is 18.2 Å². The number of hydrogen-bond acceptors (Lipinski definition) is 3. The van der Waals surface area contributed by atoms with Gasteiger partial charge in [0, 0.05) is 0 Å². The molecule has 1 rings (SSSR count). The third kappa shape index (κ3) is 13.3. The number of quaternary nitrogens is 3. The van der Waals surface area contributed by atoms with Gasteiger partial charge in [-0.05, 0) is 74.4 Å². The molecule has 0 aliphatic carbocycles. The summed E-state index contributed by atoms with van der Waals surface area (Å²) in [7, 11) is 0. The normalized spacial score (nSPS) is 12.2. The summed E-state index contributed by atoms with van der Waals surface area (Å²) in [6.45, 7) is 35.6. The van der Waals surface area contributed by atoms with Crippen molar-refractivity contribution in [2.45, 2.75) is 62.3 Å². The van der Waals surface area contributed by atoms with Crippen LogP contribution in [0.1, 0.15) is 62.3 Å². The van der Waals surface area contributed by atoms with E-state index in [1.807, 2.05) is 18.2 Å². The van der Waals surface area contributed by atoms with E-state index in [1.54, 1.807) is 0 Å². The Morgan fingerprint density at radius 3 is 1.03 bits per heavy atom. The van der Waals surface area contributed by atoms with Gasteiger partial charge in [0.05, 0.1) is 58.9 Å². The van der Waals surface area contributed by atoms with Gasteiger partial charge in [-0.3, -0.25) is 0 Å². The standard InChI is InChI=1S/C30H60N3O3.I3/c1-10-31(11-2,12-3)22-25-34-28-20-19-21-29(35-26-23-32(13-4,14-5)15-6)30(28)36-27-24-33(16-7,17-8)18-9;1-3-2/h19-21H,10-18,22-27H2,1-9H3;/q+3;-1. The van der Waals surface area contributed by atoms with E-state index in [0.29, 0.717) is 33.1 Å². The van der Waals surface area contributed by atoms with E-state index in [0.717, 1.165) is 109 Å². The number of likely N-dealkylation sites (N-methyl/N-ethyl adjacent to an activating group) is 3. The van der Waals surface area contributed by atoms with E-state index in [-0.39, 0.29) is 0 Å². The average molecular weight is 892 g/mol. The van der Waals surface area contributed by atoms with Crippen LogP contribution in [0.2, 0.25) is 0 Å². The summed E-state index contributed by atoms with van der Waals surface area (Å²) in [6, 6.07) is 6.10. The van der Waals surface area contributed by atoms with E-state index in [4.69, 9.17) is 14.2 Å². The van der Waals surface area contributed by atoms with Crippen molar-refractivity contribution in [2.75, 3.05) is 98.4 Å². The molecule has 39 heavy (non-hydrogen) atoms. The first kappa shape index (κ1) is 39.7. The van der Waals surface area contributed by atoms with E-state index in [2.05, 4.69) is 99.5 Å². The molecule has 1 aromatic rings. The Hall–Kier alpha value is 0.690. The molecule has 0 aromatic heterocycles. The monoisotopic (exact) mass is 891 g/mol. The average Bonchev–Trinajstić information content (AvgIpc) is 2.98. The van der Waals surface area contributed by atoms with E-state index in [9.17, 15) is 0 Å². The number of para-hydroxylation sites is 1. The fraction of sp³-hybridized carbons (Fsp3) is 0.800. The summed E-state index contributed by atoms with van der Waals surface area (Å²) in [5.74, 6) is 2.38. The second-order valence-corrected chi connectivity index (χ2v) is 26.5. The van der Waals surface area contributed by atoms with Crippen molar-refractivity contribution in [2.24, 2.45) is 0 Å². The maximum absolute atomic E-state index is 6.48. The van der Waals surface area contributed by atoms with Crippen LogP contribution in [0.5, 0.6) is 17.2 Å². The zero-order valence-electron chi connectivity index (χ0n) is 26.5. The van der Waals surface area contributed by atoms with Crippen LogP contribution < -0.4 is 27.5 Å². The number of hydrogen-bond donors (Lipinski definition) is 0. The van der Waals surface area contributed by atoms with Crippen LogP contribution in [0.15, 0.2) is 18.2 Å². The van der Waals surface area contributed by atoms with Gasteiger partial charge in [0.2, 0.25) is 5.75 Å². The summed E-state index contributed by atoms with van der Waals surface area (Å²) in [4.78, 5) is 0. The quantitative estimate of drug-likeness (QED) is 0.137. The van der Waals surface area contributed by atoms with Gasteiger partial charge in [-0.2, -0.15) is 0 Å². The van der Waals surface area contributed by atoms with Crippen molar-refractivity contribution >= 4 is 37.2 Å². The summed E-state index contributed by atoms with van der Waals surface area (Å²) in [5, 5.41) is 0. The topological polar surface area (TPSA) is 27.7 Å². The minimum absolute atomic E-state index is 0.530. The number of rotatable bonds is 21. The van der Waals surface area contributed by atoms with Gasteiger partial charge in [0.15, 0.2) is 11.5 Å². The molecule has 0 saturated carbocycles. The van der Waals surface area contributed by atoms with Crippen LogP contribution in [0.25, 0.3) is 0 Å². The van der Waals surface area contributed by atoms with Crippen molar-refractivity contribution in [3.63, 3.8) is 0 Å². The van der Waals surface area contributed by atoms with Crippen LogP contribution in [0.4, 0.5) is 0 Å². The molecule has 0 spiro atoms. The zero-order valence-corrected chi connectivity index (χ0v) is 33.0. The molecule has 0 unspecified atom stereocenters. The first-order chi connectivity index (χ1) is 18.7. The van der Waals surface area contributed by atoms with Gasteiger partial charge in [-0.1, -0.05) is 6.07 Å². The Morgan fingerprint density at radius 2 is 0.769 bits per heavy atom. The van der Waals surface area contributed by atoms with Gasteiger partial charge in [0.1, 0.15) is 39.5 Å². The Bertz CT molecular complexity index is 674. The fourth-order valence-electron chi connectivity index (χ4n) is 5.34.